The second-order valence-electron chi connectivity index (χ2n) is 5.50. The fraction of sp³-hybridized carbons (Fsp3) is 0.846. The van der Waals surface area contributed by atoms with Gasteiger partial charge in [0, 0.05) is 26.2 Å². The van der Waals surface area contributed by atoms with Gasteiger partial charge in [-0.1, -0.05) is 0 Å². The molecule has 0 aliphatic carbocycles. The molecule has 2 saturated heterocycles. The summed E-state index contributed by atoms with van der Waals surface area (Å²) >= 11 is 0. The number of carbonyl (C=O) groups is 2. The number of carbonyl (C=O) groups excluding carboxylic acids is 1. The van der Waals surface area contributed by atoms with Crippen LogP contribution in [0.25, 0.3) is 0 Å². The van der Waals surface area contributed by atoms with Crippen LogP contribution in [0.3, 0.4) is 0 Å². The van der Waals surface area contributed by atoms with Crippen molar-refractivity contribution in [2.45, 2.75) is 31.7 Å². The molecule has 0 saturated carbocycles. The molecule has 0 aromatic rings. The number of hydrogen-bond donors (Lipinski definition) is 2. The van der Waals surface area contributed by atoms with Crippen molar-refractivity contribution in [1.82, 2.24) is 15.1 Å². The monoisotopic (exact) mass is 269 g/mol. The normalized spacial score (nSPS) is 25.1. The molecule has 2 rings (SSSR count). The Balaban J connectivity index is 1.92. The third-order valence-electron chi connectivity index (χ3n) is 4.20. The maximum absolute atomic E-state index is 12.4. The number of carboxylic acids is 1. The van der Waals surface area contributed by atoms with Gasteiger partial charge in [-0.25, -0.2) is 4.79 Å². The third kappa shape index (κ3) is 3.37. The van der Waals surface area contributed by atoms with E-state index in [1.54, 1.807) is 9.80 Å². The molecule has 0 unspecified atom stereocenters. The summed E-state index contributed by atoms with van der Waals surface area (Å²) in [4.78, 5) is 26.9. The maximum atomic E-state index is 12.4. The third-order valence-corrected chi connectivity index (χ3v) is 4.20. The number of amides is 2. The lowest BCUT2D eigenvalue weighted by Crippen LogP contribution is -2.52. The van der Waals surface area contributed by atoms with Crippen LogP contribution in [-0.2, 0) is 4.79 Å². The van der Waals surface area contributed by atoms with Gasteiger partial charge in [-0.15, -0.1) is 0 Å². The Labute approximate surface area is 113 Å². The van der Waals surface area contributed by atoms with Gasteiger partial charge in [0.15, 0.2) is 0 Å². The van der Waals surface area contributed by atoms with Gasteiger partial charge in [-0.2, -0.15) is 0 Å². The molecule has 1 atom stereocenters. The van der Waals surface area contributed by atoms with Gasteiger partial charge in [-0.3, -0.25) is 4.79 Å². The molecule has 6 nitrogen and oxygen atoms in total. The van der Waals surface area contributed by atoms with Crippen molar-refractivity contribution in [3.8, 4) is 0 Å². The van der Waals surface area contributed by atoms with Crippen LogP contribution >= 0.6 is 0 Å². The summed E-state index contributed by atoms with van der Waals surface area (Å²) in [5.74, 6) is -1.19. The number of piperidine rings is 2. The number of hydrogen-bond acceptors (Lipinski definition) is 3. The predicted octanol–water partition coefficient (Wildman–Crippen LogP) is 0.587. The predicted molar refractivity (Wildman–Crippen MR) is 71.0 cm³/mol. The van der Waals surface area contributed by atoms with E-state index < -0.39 is 11.9 Å². The molecule has 2 fully saturated rings. The van der Waals surface area contributed by atoms with Gasteiger partial charge in [0.25, 0.3) is 0 Å². The highest BCUT2D eigenvalue weighted by atomic mass is 16.4. The number of rotatable bonds is 2. The van der Waals surface area contributed by atoms with Crippen LogP contribution in [0.5, 0.6) is 0 Å². The molecular formula is C13H23N3O3. The standard InChI is InChI=1S/C13H23N3O3/c1-15(11-4-6-14-7-5-11)13(19)16-8-2-3-10(9-16)12(17)18/h10-11,14H,2-9H2,1H3,(H,17,18)/t10-/m0/s1. The Morgan fingerprint density at radius 3 is 2.58 bits per heavy atom. The lowest BCUT2D eigenvalue weighted by atomic mass is 9.98. The Hall–Kier alpha value is -1.30. The molecule has 2 aliphatic rings. The van der Waals surface area contributed by atoms with Crippen LogP contribution in [0.1, 0.15) is 25.7 Å². The Bertz CT molecular complexity index is 342. The number of urea groups is 1. The minimum atomic E-state index is -0.790. The number of carboxylic acid groups (broad SMARTS) is 1. The van der Waals surface area contributed by atoms with E-state index in [2.05, 4.69) is 5.32 Å². The Morgan fingerprint density at radius 2 is 1.95 bits per heavy atom. The smallest absolute Gasteiger partial charge is 0.320 e. The van der Waals surface area contributed by atoms with Crippen molar-refractivity contribution >= 4 is 12.0 Å². The van der Waals surface area contributed by atoms with Crippen LogP contribution in [-0.4, -0.2) is 66.2 Å². The zero-order chi connectivity index (χ0) is 13.8. The summed E-state index contributed by atoms with van der Waals surface area (Å²) in [7, 11) is 1.84. The highest BCUT2D eigenvalue weighted by Gasteiger charge is 2.31. The SMILES string of the molecule is CN(C(=O)N1CCC[C@H](C(=O)O)C1)C1CCNCC1. The van der Waals surface area contributed by atoms with Crippen molar-refractivity contribution in [3.05, 3.63) is 0 Å². The minimum Gasteiger partial charge on any atom is -0.481 e. The second kappa shape index (κ2) is 6.23. The summed E-state index contributed by atoms with van der Waals surface area (Å²) in [5, 5.41) is 12.3. The number of nitrogens with zero attached hydrogens (tertiary/aromatic N) is 2. The van der Waals surface area contributed by atoms with Crippen molar-refractivity contribution in [1.29, 1.82) is 0 Å². The van der Waals surface area contributed by atoms with Gasteiger partial charge in [0.1, 0.15) is 0 Å². The minimum absolute atomic E-state index is 0.0159. The Morgan fingerprint density at radius 1 is 1.26 bits per heavy atom. The molecule has 108 valence electrons. The van der Waals surface area contributed by atoms with E-state index in [0.717, 1.165) is 32.4 Å². The van der Waals surface area contributed by atoms with Crippen molar-refractivity contribution in [2.75, 3.05) is 33.2 Å². The van der Waals surface area contributed by atoms with E-state index in [-0.39, 0.29) is 12.1 Å². The Kier molecular flexibility index (Phi) is 4.63. The molecule has 6 heteroatoms. The van der Waals surface area contributed by atoms with E-state index in [4.69, 9.17) is 5.11 Å². The largest absolute Gasteiger partial charge is 0.481 e. The summed E-state index contributed by atoms with van der Waals surface area (Å²) in [5.41, 5.74) is 0. The van der Waals surface area contributed by atoms with Crippen LogP contribution < -0.4 is 5.32 Å². The zero-order valence-corrected chi connectivity index (χ0v) is 11.5. The van der Waals surface area contributed by atoms with Crippen molar-refractivity contribution < 1.29 is 14.7 Å². The van der Waals surface area contributed by atoms with Gasteiger partial charge in [0.2, 0.25) is 0 Å². The fourth-order valence-electron chi connectivity index (χ4n) is 2.93. The van der Waals surface area contributed by atoms with E-state index in [9.17, 15) is 9.59 Å². The van der Waals surface area contributed by atoms with Gasteiger partial charge >= 0.3 is 12.0 Å². The number of aliphatic carboxylic acids is 1. The maximum Gasteiger partial charge on any atom is 0.320 e. The first-order chi connectivity index (χ1) is 9.09. The lowest BCUT2D eigenvalue weighted by Gasteiger charge is -2.38. The van der Waals surface area contributed by atoms with Crippen LogP contribution in [0, 0.1) is 5.92 Å². The first kappa shape index (κ1) is 14.1. The van der Waals surface area contributed by atoms with E-state index >= 15 is 0 Å². The highest BCUT2D eigenvalue weighted by molar-refractivity contribution is 5.76. The first-order valence-electron chi connectivity index (χ1n) is 7.05. The number of nitrogens with one attached hydrogen (secondary N) is 1. The van der Waals surface area contributed by atoms with Crippen LogP contribution in [0.2, 0.25) is 0 Å². The zero-order valence-electron chi connectivity index (χ0n) is 11.5. The number of likely N-dealkylation sites (tertiary alicyclic amines) is 1. The van der Waals surface area contributed by atoms with Crippen molar-refractivity contribution in [3.63, 3.8) is 0 Å². The van der Waals surface area contributed by atoms with Crippen molar-refractivity contribution in [2.24, 2.45) is 5.92 Å². The molecular weight excluding hydrogens is 246 g/mol. The molecule has 19 heavy (non-hydrogen) atoms. The molecule has 0 aromatic carbocycles. The second-order valence-corrected chi connectivity index (χ2v) is 5.50. The summed E-state index contributed by atoms with van der Waals surface area (Å²) in [6.07, 6.45) is 3.40. The van der Waals surface area contributed by atoms with E-state index in [1.807, 2.05) is 7.05 Å². The summed E-state index contributed by atoms with van der Waals surface area (Å²) < 4.78 is 0. The van der Waals surface area contributed by atoms with Crippen LogP contribution in [0.15, 0.2) is 0 Å². The summed E-state index contributed by atoms with van der Waals surface area (Å²) in [6, 6.07) is 0.261. The molecule has 0 aromatic heterocycles. The van der Waals surface area contributed by atoms with Gasteiger partial charge in [-0.05, 0) is 38.8 Å². The fourth-order valence-corrected chi connectivity index (χ4v) is 2.93. The summed E-state index contributed by atoms with van der Waals surface area (Å²) in [6.45, 7) is 2.92. The molecule has 0 radical (unpaired) electrons. The quantitative estimate of drug-likeness (QED) is 0.769. The highest BCUT2D eigenvalue weighted by Crippen LogP contribution is 2.19. The first-order valence-corrected chi connectivity index (χ1v) is 7.05. The molecule has 2 N–H and O–H groups in total. The topological polar surface area (TPSA) is 72.9 Å². The molecule has 0 bridgehead atoms. The average Bonchev–Trinajstić information content (AvgIpc) is 2.46. The van der Waals surface area contributed by atoms with E-state index in [1.165, 1.54) is 0 Å². The van der Waals surface area contributed by atoms with E-state index in [0.29, 0.717) is 19.5 Å². The van der Waals surface area contributed by atoms with Gasteiger partial charge in [0.05, 0.1) is 5.92 Å². The average molecular weight is 269 g/mol. The lowest BCUT2D eigenvalue weighted by molar-refractivity contribution is -0.143. The molecule has 2 heterocycles. The molecule has 2 aliphatic heterocycles. The van der Waals surface area contributed by atoms with Crippen LogP contribution in [0.4, 0.5) is 4.79 Å². The molecule has 0 spiro atoms. The molecule has 2 amide bonds. The van der Waals surface area contributed by atoms with Gasteiger partial charge < -0.3 is 20.2 Å².